The first-order chi connectivity index (χ1) is 15.8. The number of fused-ring (bicyclic) bond motifs is 1. The Hall–Kier alpha value is -0.720. The molecule has 5 rings (SSSR count). The molecule has 0 aromatic rings. The van der Waals surface area contributed by atoms with Crippen molar-refractivity contribution in [3.05, 3.63) is 23.8 Å². The number of allylic oxidation sites excluding steroid dienone is 1. The Kier molecular flexibility index (Phi) is 8.02. The summed E-state index contributed by atoms with van der Waals surface area (Å²) in [6.07, 6.45) is 21.2. The standard InChI is InChI=1S/C27H42O5/c28-18-19-15-21-17-25(32-27-10-4-6-14-30-27)22(23(21)16-19)11-12-24(20-7-1-2-8-20)31-26-9-3-5-13-29-26/h11-12,15,20-28H,1-10,13-14,16-18H2/b12-11-/t21-,22-,23-,24+,25+,26?,27?/m0/s1. The van der Waals surface area contributed by atoms with Gasteiger partial charge in [-0.3, -0.25) is 0 Å². The van der Waals surface area contributed by atoms with E-state index in [-0.39, 0.29) is 31.4 Å². The largest absolute Gasteiger partial charge is 0.392 e. The fourth-order valence-corrected chi connectivity index (χ4v) is 6.69. The molecule has 5 nitrogen and oxygen atoms in total. The third kappa shape index (κ3) is 5.50. The number of aliphatic hydroxyl groups excluding tert-OH is 1. The van der Waals surface area contributed by atoms with E-state index in [9.17, 15) is 5.11 Å². The first kappa shape index (κ1) is 23.0. The summed E-state index contributed by atoms with van der Waals surface area (Å²) in [5.41, 5.74) is 1.20. The molecule has 2 aliphatic heterocycles. The first-order valence-corrected chi connectivity index (χ1v) is 13.3. The van der Waals surface area contributed by atoms with Gasteiger partial charge in [0, 0.05) is 19.1 Å². The molecule has 180 valence electrons. The Morgan fingerprint density at radius 2 is 1.69 bits per heavy atom. The van der Waals surface area contributed by atoms with Gasteiger partial charge in [-0.15, -0.1) is 0 Å². The maximum atomic E-state index is 9.71. The van der Waals surface area contributed by atoms with Crippen molar-refractivity contribution in [2.24, 2.45) is 23.7 Å². The fourth-order valence-electron chi connectivity index (χ4n) is 6.69. The van der Waals surface area contributed by atoms with E-state index in [2.05, 4.69) is 18.2 Å². The maximum Gasteiger partial charge on any atom is 0.158 e. The van der Waals surface area contributed by atoms with E-state index in [0.717, 1.165) is 51.7 Å². The predicted octanol–water partition coefficient (Wildman–Crippen LogP) is 5.13. The molecule has 2 heterocycles. The molecule has 3 aliphatic carbocycles. The van der Waals surface area contributed by atoms with Gasteiger partial charge in [0.25, 0.3) is 0 Å². The lowest BCUT2D eigenvalue weighted by Crippen LogP contribution is -2.32. The second-order valence-electron chi connectivity index (χ2n) is 10.6. The van der Waals surface area contributed by atoms with E-state index < -0.39 is 0 Å². The Morgan fingerprint density at radius 1 is 0.969 bits per heavy atom. The van der Waals surface area contributed by atoms with Crippen LogP contribution in [0.15, 0.2) is 23.8 Å². The summed E-state index contributed by atoms with van der Waals surface area (Å²) < 4.78 is 24.9. The topological polar surface area (TPSA) is 57.2 Å². The first-order valence-electron chi connectivity index (χ1n) is 13.3. The lowest BCUT2D eigenvalue weighted by molar-refractivity contribution is -0.193. The van der Waals surface area contributed by atoms with E-state index in [1.54, 1.807) is 0 Å². The molecule has 2 saturated carbocycles. The quantitative estimate of drug-likeness (QED) is 0.524. The third-order valence-corrected chi connectivity index (χ3v) is 8.43. The number of rotatable bonds is 8. The van der Waals surface area contributed by atoms with Crippen molar-refractivity contribution >= 4 is 0 Å². The maximum absolute atomic E-state index is 9.71. The zero-order valence-corrected chi connectivity index (χ0v) is 19.5. The van der Waals surface area contributed by atoms with Gasteiger partial charge in [-0.25, -0.2) is 0 Å². The summed E-state index contributed by atoms with van der Waals surface area (Å²) >= 11 is 0. The van der Waals surface area contributed by atoms with Crippen molar-refractivity contribution in [3.63, 3.8) is 0 Å². The van der Waals surface area contributed by atoms with E-state index in [4.69, 9.17) is 18.9 Å². The van der Waals surface area contributed by atoms with Gasteiger partial charge in [-0.05, 0) is 87.5 Å². The molecule has 4 fully saturated rings. The summed E-state index contributed by atoms with van der Waals surface area (Å²) in [5.74, 6) is 1.99. The van der Waals surface area contributed by atoms with Crippen LogP contribution in [-0.2, 0) is 18.9 Å². The molecule has 0 aromatic carbocycles. The Bertz CT molecular complexity index is 642. The number of aliphatic hydroxyl groups is 1. The van der Waals surface area contributed by atoms with Gasteiger partial charge in [0.05, 0.1) is 18.8 Å². The molecule has 0 spiro atoms. The minimum absolute atomic E-state index is 0.0489. The van der Waals surface area contributed by atoms with E-state index >= 15 is 0 Å². The molecule has 1 N–H and O–H groups in total. The van der Waals surface area contributed by atoms with Gasteiger partial charge in [0.2, 0.25) is 0 Å². The second-order valence-corrected chi connectivity index (χ2v) is 10.6. The third-order valence-electron chi connectivity index (χ3n) is 8.43. The zero-order valence-electron chi connectivity index (χ0n) is 19.5. The van der Waals surface area contributed by atoms with E-state index in [0.29, 0.717) is 23.7 Å². The highest BCUT2D eigenvalue weighted by atomic mass is 16.7. The summed E-state index contributed by atoms with van der Waals surface area (Å²) in [6, 6.07) is 0. The summed E-state index contributed by atoms with van der Waals surface area (Å²) in [7, 11) is 0. The Morgan fingerprint density at radius 3 is 2.38 bits per heavy atom. The van der Waals surface area contributed by atoms with Gasteiger partial charge in [0.15, 0.2) is 12.6 Å². The van der Waals surface area contributed by atoms with Crippen molar-refractivity contribution in [3.8, 4) is 0 Å². The Labute approximate surface area is 193 Å². The van der Waals surface area contributed by atoms with Crippen LogP contribution in [-0.4, -0.2) is 49.7 Å². The van der Waals surface area contributed by atoms with E-state index in [1.807, 2.05) is 0 Å². The average molecular weight is 447 g/mol. The molecule has 5 heteroatoms. The zero-order chi connectivity index (χ0) is 21.8. The normalized spacial score (nSPS) is 39.5. The highest BCUT2D eigenvalue weighted by Gasteiger charge is 2.45. The highest BCUT2D eigenvalue weighted by Crippen LogP contribution is 2.49. The smallest absolute Gasteiger partial charge is 0.158 e. The number of hydrogen-bond donors (Lipinski definition) is 1. The summed E-state index contributed by atoms with van der Waals surface area (Å²) in [6.45, 7) is 1.83. The molecular weight excluding hydrogens is 404 g/mol. The molecule has 0 amide bonds. The van der Waals surface area contributed by atoms with Crippen LogP contribution >= 0.6 is 0 Å². The van der Waals surface area contributed by atoms with Crippen LogP contribution in [0, 0.1) is 23.7 Å². The fraction of sp³-hybridized carbons (Fsp3) is 0.852. The lowest BCUT2D eigenvalue weighted by atomic mass is 9.88. The summed E-state index contributed by atoms with van der Waals surface area (Å²) in [4.78, 5) is 0. The van der Waals surface area contributed by atoms with Crippen LogP contribution < -0.4 is 0 Å². The van der Waals surface area contributed by atoms with Crippen molar-refractivity contribution in [1.82, 2.24) is 0 Å². The molecule has 0 aromatic heterocycles. The Balaban J connectivity index is 1.29. The van der Waals surface area contributed by atoms with Crippen molar-refractivity contribution in [2.45, 2.75) is 102 Å². The SMILES string of the molecule is OCC1=C[C@H]2C[C@@H](OC3CCCCO3)[C@@H](/C=C\[C@@H](OC3CCCCO3)C3CCCC3)[C@H]2C1. The van der Waals surface area contributed by atoms with Crippen LogP contribution in [0.3, 0.4) is 0 Å². The molecule has 2 unspecified atom stereocenters. The second kappa shape index (κ2) is 11.1. The molecule has 0 radical (unpaired) electrons. The van der Waals surface area contributed by atoms with Crippen molar-refractivity contribution in [1.29, 1.82) is 0 Å². The highest BCUT2D eigenvalue weighted by molar-refractivity contribution is 5.21. The van der Waals surface area contributed by atoms with Gasteiger partial charge in [-0.1, -0.05) is 31.1 Å². The van der Waals surface area contributed by atoms with Gasteiger partial charge in [-0.2, -0.15) is 0 Å². The monoisotopic (exact) mass is 446 g/mol. The van der Waals surface area contributed by atoms with Gasteiger partial charge in [0.1, 0.15) is 0 Å². The van der Waals surface area contributed by atoms with Crippen LogP contribution in [0.5, 0.6) is 0 Å². The molecular formula is C27H42O5. The summed E-state index contributed by atoms with van der Waals surface area (Å²) in [5, 5.41) is 9.71. The predicted molar refractivity (Wildman–Crippen MR) is 123 cm³/mol. The van der Waals surface area contributed by atoms with Crippen molar-refractivity contribution in [2.75, 3.05) is 19.8 Å². The van der Waals surface area contributed by atoms with Crippen molar-refractivity contribution < 1.29 is 24.1 Å². The van der Waals surface area contributed by atoms with Gasteiger partial charge >= 0.3 is 0 Å². The molecule has 7 atom stereocenters. The minimum atomic E-state index is -0.0534. The molecule has 32 heavy (non-hydrogen) atoms. The van der Waals surface area contributed by atoms with Crippen LogP contribution in [0.4, 0.5) is 0 Å². The molecule has 0 bridgehead atoms. The van der Waals surface area contributed by atoms with Crippen LogP contribution in [0.2, 0.25) is 0 Å². The van der Waals surface area contributed by atoms with Crippen LogP contribution in [0.1, 0.15) is 77.0 Å². The number of ether oxygens (including phenoxy) is 4. The minimum Gasteiger partial charge on any atom is -0.392 e. The van der Waals surface area contributed by atoms with Gasteiger partial charge < -0.3 is 24.1 Å². The molecule has 2 saturated heterocycles. The lowest BCUT2D eigenvalue weighted by Gasteiger charge is -2.31. The van der Waals surface area contributed by atoms with E-state index in [1.165, 1.54) is 44.1 Å². The molecule has 5 aliphatic rings. The van der Waals surface area contributed by atoms with Crippen LogP contribution in [0.25, 0.3) is 0 Å². The average Bonchev–Trinajstić information content (AvgIpc) is 3.55. The number of hydrogen-bond acceptors (Lipinski definition) is 5.